The van der Waals surface area contributed by atoms with Crippen molar-refractivity contribution in [2.75, 3.05) is 22.4 Å². The molecule has 2 aromatic carbocycles. The lowest BCUT2D eigenvalue weighted by Gasteiger charge is -2.22. The highest BCUT2D eigenvalue weighted by Gasteiger charge is 2.22. The normalized spacial score (nSPS) is 11.2. The second kappa shape index (κ2) is 7.38. The lowest BCUT2D eigenvalue weighted by Crippen LogP contribution is -2.37. The van der Waals surface area contributed by atoms with Crippen molar-refractivity contribution in [3.63, 3.8) is 0 Å². The number of hydrogen-bond donors (Lipinski definition) is 1. The van der Waals surface area contributed by atoms with Crippen molar-refractivity contribution in [1.82, 2.24) is 0 Å². The van der Waals surface area contributed by atoms with E-state index in [4.69, 9.17) is 23.2 Å². The molecule has 0 unspecified atom stereocenters. The van der Waals surface area contributed by atoms with Crippen LogP contribution < -0.4 is 9.62 Å². The molecule has 0 saturated heterocycles. The number of amides is 1. The predicted molar refractivity (Wildman–Crippen MR) is 93.7 cm³/mol. The first-order valence-corrected chi connectivity index (χ1v) is 9.26. The summed E-state index contributed by atoms with van der Waals surface area (Å²) >= 11 is 11.9. The predicted octanol–water partition coefficient (Wildman–Crippen LogP) is 3.54. The molecule has 0 aliphatic rings. The van der Waals surface area contributed by atoms with Gasteiger partial charge in [-0.25, -0.2) is 12.8 Å². The lowest BCUT2D eigenvalue weighted by molar-refractivity contribution is -0.114. The van der Waals surface area contributed by atoms with Crippen LogP contribution in [0.1, 0.15) is 0 Å². The summed E-state index contributed by atoms with van der Waals surface area (Å²) in [5, 5.41) is 2.89. The van der Waals surface area contributed by atoms with Crippen LogP contribution in [0.15, 0.2) is 42.5 Å². The molecule has 0 bridgehead atoms. The molecule has 1 amide bonds. The van der Waals surface area contributed by atoms with Crippen LogP contribution in [0.5, 0.6) is 0 Å². The van der Waals surface area contributed by atoms with Gasteiger partial charge in [-0.1, -0.05) is 35.3 Å². The third kappa shape index (κ3) is 4.59. The quantitative estimate of drug-likeness (QED) is 0.848. The molecule has 0 fully saturated rings. The third-order valence-electron chi connectivity index (χ3n) is 3.01. The Morgan fingerprint density at radius 3 is 2.29 bits per heavy atom. The minimum atomic E-state index is -3.80. The maximum atomic E-state index is 13.3. The van der Waals surface area contributed by atoms with E-state index in [-0.39, 0.29) is 21.4 Å². The summed E-state index contributed by atoms with van der Waals surface area (Å²) in [5.41, 5.74) is 0.219. The Kier molecular flexibility index (Phi) is 5.69. The number of benzene rings is 2. The van der Waals surface area contributed by atoms with E-state index in [1.54, 1.807) is 6.07 Å². The van der Waals surface area contributed by atoms with E-state index in [1.165, 1.54) is 30.3 Å². The molecular formula is C15H13Cl2FN2O3S. The standard InChI is InChI=1S/C15H13Cl2FN2O3S/c1-24(22,23)20(11-5-2-4-10(18)8-11)9-14(21)19-15-12(16)6-3-7-13(15)17/h2-8H,9H2,1H3,(H,19,21). The van der Waals surface area contributed by atoms with Crippen molar-refractivity contribution in [2.45, 2.75) is 0 Å². The monoisotopic (exact) mass is 390 g/mol. The Morgan fingerprint density at radius 2 is 1.75 bits per heavy atom. The van der Waals surface area contributed by atoms with Gasteiger partial charge >= 0.3 is 0 Å². The molecule has 5 nitrogen and oxygen atoms in total. The number of carbonyl (C=O) groups excluding carboxylic acids is 1. The highest BCUT2D eigenvalue weighted by molar-refractivity contribution is 7.92. The van der Waals surface area contributed by atoms with Gasteiger partial charge < -0.3 is 5.32 Å². The molecule has 0 spiro atoms. The molecule has 24 heavy (non-hydrogen) atoms. The number of carbonyl (C=O) groups is 1. The zero-order valence-corrected chi connectivity index (χ0v) is 14.8. The Balaban J connectivity index is 2.26. The average Bonchev–Trinajstić information content (AvgIpc) is 2.47. The van der Waals surface area contributed by atoms with Gasteiger partial charge in [0.1, 0.15) is 12.4 Å². The molecule has 0 atom stereocenters. The van der Waals surface area contributed by atoms with E-state index in [9.17, 15) is 17.6 Å². The summed E-state index contributed by atoms with van der Waals surface area (Å²) in [6.45, 7) is -0.552. The van der Waals surface area contributed by atoms with E-state index in [0.29, 0.717) is 0 Å². The number of anilines is 2. The van der Waals surface area contributed by atoms with Gasteiger partial charge in [0.15, 0.2) is 0 Å². The molecule has 128 valence electrons. The van der Waals surface area contributed by atoms with Crippen molar-refractivity contribution in [1.29, 1.82) is 0 Å². The summed E-state index contributed by atoms with van der Waals surface area (Å²) in [5.74, 6) is -1.28. The number of sulfonamides is 1. The first-order chi connectivity index (χ1) is 11.2. The van der Waals surface area contributed by atoms with E-state index < -0.39 is 28.3 Å². The van der Waals surface area contributed by atoms with Gasteiger partial charge in [0.05, 0.1) is 27.7 Å². The number of halogens is 3. The van der Waals surface area contributed by atoms with Crippen molar-refractivity contribution >= 4 is 50.5 Å². The maximum absolute atomic E-state index is 13.3. The number of nitrogens with one attached hydrogen (secondary N) is 1. The van der Waals surface area contributed by atoms with Gasteiger partial charge in [-0.2, -0.15) is 0 Å². The van der Waals surface area contributed by atoms with Gasteiger partial charge in [0.2, 0.25) is 15.9 Å². The van der Waals surface area contributed by atoms with Crippen LogP contribution >= 0.6 is 23.2 Å². The van der Waals surface area contributed by atoms with Crippen molar-refractivity contribution in [3.8, 4) is 0 Å². The number of para-hydroxylation sites is 1. The molecule has 2 aromatic rings. The van der Waals surface area contributed by atoms with Crippen LogP contribution in [-0.4, -0.2) is 27.1 Å². The van der Waals surface area contributed by atoms with Crippen LogP contribution in [0.3, 0.4) is 0 Å². The lowest BCUT2D eigenvalue weighted by atomic mass is 10.3. The topological polar surface area (TPSA) is 66.5 Å². The van der Waals surface area contributed by atoms with E-state index in [0.717, 1.165) is 16.6 Å². The SMILES string of the molecule is CS(=O)(=O)N(CC(=O)Nc1c(Cl)cccc1Cl)c1cccc(F)c1. The van der Waals surface area contributed by atoms with Crippen LogP contribution in [0.25, 0.3) is 0 Å². The number of hydrogen-bond acceptors (Lipinski definition) is 3. The van der Waals surface area contributed by atoms with Gasteiger partial charge in [0, 0.05) is 0 Å². The Bertz CT molecular complexity index is 855. The zero-order chi connectivity index (χ0) is 17.9. The Morgan fingerprint density at radius 1 is 1.17 bits per heavy atom. The van der Waals surface area contributed by atoms with Crippen LogP contribution in [0.2, 0.25) is 10.0 Å². The van der Waals surface area contributed by atoms with Crippen LogP contribution in [0.4, 0.5) is 15.8 Å². The second-order valence-electron chi connectivity index (χ2n) is 4.89. The highest BCUT2D eigenvalue weighted by Crippen LogP contribution is 2.30. The summed E-state index contributed by atoms with van der Waals surface area (Å²) in [4.78, 5) is 12.2. The minimum absolute atomic E-state index is 0.0397. The fourth-order valence-electron chi connectivity index (χ4n) is 1.96. The first-order valence-electron chi connectivity index (χ1n) is 6.65. The minimum Gasteiger partial charge on any atom is -0.322 e. The van der Waals surface area contributed by atoms with Crippen molar-refractivity contribution in [2.24, 2.45) is 0 Å². The van der Waals surface area contributed by atoms with Gasteiger partial charge in [0.25, 0.3) is 0 Å². The van der Waals surface area contributed by atoms with Crippen molar-refractivity contribution in [3.05, 3.63) is 58.3 Å². The van der Waals surface area contributed by atoms with Gasteiger partial charge in [-0.05, 0) is 30.3 Å². The molecule has 0 aromatic heterocycles. The summed E-state index contributed by atoms with van der Waals surface area (Å²) in [6, 6.07) is 9.61. The number of rotatable bonds is 5. The smallest absolute Gasteiger partial charge is 0.245 e. The largest absolute Gasteiger partial charge is 0.322 e. The molecule has 2 rings (SSSR count). The molecule has 0 aliphatic carbocycles. The fourth-order valence-corrected chi connectivity index (χ4v) is 3.30. The second-order valence-corrected chi connectivity index (χ2v) is 7.62. The van der Waals surface area contributed by atoms with Gasteiger partial charge in [-0.3, -0.25) is 9.10 Å². The van der Waals surface area contributed by atoms with Gasteiger partial charge in [-0.15, -0.1) is 0 Å². The Labute approximate surface area is 149 Å². The summed E-state index contributed by atoms with van der Waals surface area (Å²) < 4.78 is 38.0. The van der Waals surface area contributed by atoms with Crippen molar-refractivity contribution < 1.29 is 17.6 Å². The fraction of sp³-hybridized carbons (Fsp3) is 0.133. The first kappa shape index (κ1) is 18.5. The number of nitrogens with zero attached hydrogens (tertiary/aromatic N) is 1. The van der Waals surface area contributed by atoms with E-state index >= 15 is 0 Å². The van der Waals surface area contributed by atoms with E-state index in [1.807, 2.05) is 0 Å². The van der Waals surface area contributed by atoms with Crippen LogP contribution in [-0.2, 0) is 14.8 Å². The van der Waals surface area contributed by atoms with E-state index in [2.05, 4.69) is 5.32 Å². The molecule has 0 radical (unpaired) electrons. The maximum Gasteiger partial charge on any atom is 0.245 e. The molecule has 0 saturated carbocycles. The third-order valence-corrected chi connectivity index (χ3v) is 4.78. The van der Waals surface area contributed by atoms with Crippen LogP contribution in [0, 0.1) is 5.82 Å². The molecule has 1 N–H and O–H groups in total. The zero-order valence-electron chi connectivity index (χ0n) is 12.5. The molecule has 9 heteroatoms. The average molecular weight is 391 g/mol. The molecule has 0 aliphatic heterocycles. The molecule has 0 heterocycles. The molecular weight excluding hydrogens is 378 g/mol. The Hall–Kier alpha value is -1.83. The summed E-state index contributed by atoms with van der Waals surface area (Å²) in [7, 11) is -3.80. The summed E-state index contributed by atoms with van der Waals surface area (Å²) in [6.07, 6.45) is 0.924. The highest BCUT2D eigenvalue weighted by atomic mass is 35.5.